The summed E-state index contributed by atoms with van der Waals surface area (Å²) in [7, 11) is 1.53. The van der Waals surface area contributed by atoms with Crippen molar-refractivity contribution in [2.24, 2.45) is 0 Å². The van der Waals surface area contributed by atoms with Gasteiger partial charge in [0.25, 0.3) is 5.78 Å². The number of aryl methyl sites for hydroxylation is 2. The molecule has 7 nitrogen and oxygen atoms in total. The van der Waals surface area contributed by atoms with Crippen LogP contribution < -0.4 is 14.4 Å². The van der Waals surface area contributed by atoms with Crippen molar-refractivity contribution in [3.05, 3.63) is 88.5 Å². The van der Waals surface area contributed by atoms with Gasteiger partial charge in [-0.15, -0.1) is 0 Å². The van der Waals surface area contributed by atoms with Crippen molar-refractivity contribution in [1.82, 2.24) is 4.98 Å². The van der Waals surface area contributed by atoms with E-state index in [2.05, 4.69) is 6.92 Å². The maximum Gasteiger partial charge on any atom is 0.301 e. The average molecular weight is 529 g/mol. The summed E-state index contributed by atoms with van der Waals surface area (Å²) in [4.78, 5) is 33.2. The molecule has 38 heavy (non-hydrogen) atoms. The van der Waals surface area contributed by atoms with Gasteiger partial charge in [0, 0.05) is 5.56 Å². The maximum absolute atomic E-state index is 13.6. The third-order valence-electron chi connectivity index (χ3n) is 6.63. The molecule has 3 aromatic carbocycles. The van der Waals surface area contributed by atoms with E-state index in [9.17, 15) is 14.7 Å². The number of anilines is 1. The molecule has 0 aliphatic carbocycles. The molecule has 0 saturated carbocycles. The smallest absolute Gasteiger partial charge is 0.301 e. The Morgan fingerprint density at radius 3 is 2.47 bits per heavy atom. The molecule has 1 N–H and O–H groups in total. The molecule has 194 valence electrons. The topological polar surface area (TPSA) is 89.0 Å². The Morgan fingerprint density at radius 1 is 1.03 bits per heavy atom. The number of carbonyl (C=O) groups is 2. The summed E-state index contributed by atoms with van der Waals surface area (Å²) >= 11 is 1.34. The fraction of sp³-hybridized carbons (Fsp3) is 0.233. The number of rotatable bonds is 7. The second-order valence-electron chi connectivity index (χ2n) is 9.03. The Hall–Kier alpha value is -4.17. The zero-order valence-electron chi connectivity index (χ0n) is 21.6. The van der Waals surface area contributed by atoms with Gasteiger partial charge in [-0.3, -0.25) is 14.5 Å². The average Bonchev–Trinajstić information content (AvgIpc) is 3.46. The lowest BCUT2D eigenvalue weighted by atomic mass is 9.95. The van der Waals surface area contributed by atoms with E-state index in [4.69, 9.17) is 14.5 Å². The number of hydrogen-bond donors (Lipinski definition) is 1. The van der Waals surface area contributed by atoms with Gasteiger partial charge < -0.3 is 14.6 Å². The standard InChI is InChI=1S/C30H28N2O5S/c1-5-18-9-13-21-24(15-18)38-30(31-21)32-26(20-12-14-22(37-6-2)23(16-20)36-4)25(28(34)29(32)35)27(33)19-10-7-17(3)8-11-19/h7-16,26,33H,5-6H2,1-4H3/b27-25+/t26-/m0/s1. The molecule has 5 rings (SSSR count). The summed E-state index contributed by atoms with van der Waals surface area (Å²) in [6.07, 6.45) is 0.871. The van der Waals surface area contributed by atoms with Crippen LogP contribution in [0, 0.1) is 6.92 Å². The molecule has 4 aromatic rings. The molecular weight excluding hydrogens is 500 g/mol. The van der Waals surface area contributed by atoms with E-state index >= 15 is 0 Å². The first kappa shape index (κ1) is 25.5. The Balaban J connectivity index is 1.72. The highest BCUT2D eigenvalue weighted by atomic mass is 32.1. The molecule has 1 fully saturated rings. The van der Waals surface area contributed by atoms with Crippen molar-refractivity contribution in [1.29, 1.82) is 0 Å². The van der Waals surface area contributed by atoms with E-state index in [0.717, 1.165) is 27.8 Å². The highest BCUT2D eigenvalue weighted by Crippen LogP contribution is 2.46. The van der Waals surface area contributed by atoms with Crippen molar-refractivity contribution < 1.29 is 24.2 Å². The Bertz CT molecular complexity index is 1570. The molecule has 0 spiro atoms. The molecule has 1 aromatic heterocycles. The van der Waals surface area contributed by atoms with Crippen LogP contribution in [0.1, 0.15) is 42.1 Å². The van der Waals surface area contributed by atoms with E-state index < -0.39 is 17.7 Å². The molecule has 8 heteroatoms. The van der Waals surface area contributed by atoms with Crippen LogP contribution in [0.2, 0.25) is 0 Å². The minimum absolute atomic E-state index is 0.00132. The Kier molecular flexibility index (Phi) is 6.91. The minimum atomic E-state index is -0.910. The van der Waals surface area contributed by atoms with Crippen molar-refractivity contribution >= 4 is 44.1 Å². The summed E-state index contributed by atoms with van der Waals surface area (Å²) < 4.78 is 12.1. The molecule has 2 heterocycles. The number of nitrogens with zero attached hydrogens (tertiary/aromatic N) is 2. The first-order valence-corrected chi connectivity index (χ1v) is 13.3. The summed E-state index contributed by atoms with van der Waals surface area (Å²) in [5, 5.41) is 11.8. The zero-order chi connectivity index (χ0) is 27.0. The number of benzene rings is 3. The lowest BCUT2D eigenvalue weighted by molar-refractivity contribution is -0.132. The third-order valence-corrected chi connectivity index (χ3v) is 7.65. The van der Waals surface area contributed by atoms with Gasteiger partial charge in [-0.1, -0.05) is 60.2 Å². The number of methoxy groups -OCH3 is 1. The van der Waals surface area contributed by atoms with Crippen LogP contribution in [0.3, 0.4) is 0 Å². The van der Waals surface area contributed by atoms with E-state index in [1.165, 1.54) is 23.3 Å². The molecule has 1 atom stereocenters. The monoisotopic (exact) mass is 528 g/mol. The predicted molar refractivity (Wildman–Crippen MR) is 149 cm³/mol. The summed E-state index contributed by atoms with van der Waals surface area (Å²) in [5.74, 6) is -0.748. The molecule has 0 radical (unpaired) electrons. The van der Waals surface area contributed by atoms with Gasteiger partial charge in [-0.05, 0) is 55.7 Å². The second-order valence-corrected chi connectivity index (χ2v) is 10.0. The summed E-state index contributed by atoms with van der Waals surface area (Å²) in [5.41, 5.74) is 3.95. The van der Waals surface area contributed by atoms with E-state index in [0.29, 0.717) is 34.4 Å². The van der Waals surface area contributed by atoms with Crippen LogP contribution in [0.25, 0.3) is 16.0 Å². The fourth-order valence-electron chi connectivity index (χ4n) is 4.62. The highest BCUT2D eigenvalue weighted by molar-refractivity contribution is 7.22. The van der Waals surface area contributed by atoms with Gasteiger partial charge in [-0.25, -0.2) is 4.98 Å². The number of amides is 1. The van der Waals surface area contributed by atoms with Crippen LogP contribution in [0.4, 0.5) is 5.13 Å². The van der Waals surface area contributed by atoms with Gasteiger partial charge in [0.1, 0.15) is 5.76 Å². The van der Waals surface area contributed by atoms with Gasteiger partial charge in [0.2, 0.25) is 0 Å². The number of Topliss-reactive ketones (excluding diaryl/α,β-unsaturated/α-hetero) is 1. The summed E-state index contributed by atoms with van der Waals surface area (Å²) in [6, 6.07) is 17.5. The molecule has 1 amide bonds. The Labute approximate surface area is 225 Å². The number of carbonyl (C=O) groups excluding carboxylic acids is 2. The Morgan fingerprint density at radius 2 is 1.79 bits per heavy atom. The van der Waals surface area contributed by atoms with Crippen molar-refractivity contribution in [2.75, 3.05) is 18.6 Å². The predicted octanol–water partition coefficient (Wildman–Crippen LogP) is 6.20. The number of aliphatic hydroxyl groups is 1. The molecule has 0 bridgehead atoms. The normalized spacial score (nSPS) is 16.8. The highest BCUT2D eigenvalue weighted by Gasteiger charge is 2.48. The van der Waals surface area contributed by atoms with E-state index in [-0.39, 0.29) is 11.3 Å². The third kappa shape index (κ3) is 4.41. The van der Waals surface area contributed by atoms with Crippen molar-refractivity contribution in [3.63, 3.8) is 0 Å². The molecule has 1 aliphatic rings. The largest absolute Gasteiger partial charge is 0.507 e. The molecule has 1 saturated heterocycles. The lowest BCUT2D eigenvalue weighted by Gasteiger charge is -2.24. The fourth-order valence-corrected chi connectivity index (χ4v) is 5.68. The molecule has 0 unspecified atom stereocenters. The van der Waals surface area contributed by atoms with Crippen LogP contribution in [-0.4, -0.2) is 35.5 Å². The van der Waals surface area contributed by atoms with Crippen molar-refractivity contribution in [2.45, 2.75) is 33.2 Å². The van der Waals surface area contributed by atoms with Crippen LogP contribution in [0.5, 0.6) is 11.5 Å². The number of hydrogen-bond acceptors (Lipinski definition) is 7. The van der Waals surface area contributed by atoms with E-state index in [1.54, 1.807) is 30.3 Å². The van der Waals surface area contributed by atoms with Crippen molar-refractivity contribution in [3.8, 4) is 11.5 Å². The molecule has 1 aliphatic heterocycles. The van der Waals surface area contributed by atoms with Crippen LogP contribution in [0.15, 0.2) is 66.2 Å². The number of fused-ring (bicyclic) bond motifs is 1. The number of ketones is 1. The minimum Gasteiger partial charge on any atom is -0.507 e. The number of ether oxygens (including phenoxy) is 2. The molecular formula is C30H28N2O5S. The number of aromatic nitrogens is 1. The lowest BCUT2D eigenvalue weighted by Crippen LogP contribution is -2.29. The van der Waals surface area contributed by atoms with Gasteiger partial charge in [0.15, 0.2) is 16.6 Å². The van der Waals surface area contributed by atoms with Gasteiger partial charge in [0.05, 0.1) is 35.5 Å². The second kappa shape index (κ2) is 10.3. The van der Waals surface area contributed by atoms with E-state index in [1.807, 2.05) is 44.2 Å². The maximum atomic E-state index is 13.6. The SMILES string of the molecule is CCOc1ccc([C@H]2/C(=C(\O)c3ccc(C)cc3)C(=O)C(=O)N2c2nc3ccc(CC)cc3s2)cc1OC. The van der Waals surface area contributed by atoms with Crippen LogP contribution in [-0.2, 0) is 16.0 Å². The quantitative estimate of drug-likeness (QED) is 0.175. The van der Waals surface area contributed by atoms with Gasteiger partial charge >= 0.3 is 5.91 Å². The first-order chi connectivity index (χ1) is 18.4. The van der Waals surface area contributed by atoms with Crippen LogP contribution >= 0.6 is 11.3 Å². The van der Waals surface area contributed by atoms with Gasteiger partial charge in [-0.2, -0.15) is 0 Å². The number of aliphatic hydroxyl groups excluding tert-OH is 1. The number of thiazole rings is 1. The zero-order valence-corrected chi connectivity index (χ0v) is 22.5. The first-order valence-electron chi connectivity index (χ1n) is 12.4. The summed E-state index contributed by atoms with van der Waals surface area (Å²) in [6.45, 7) is 6.34.